The highest BCUT2D eigenvalue weighted by Gasteiger charge is 2.12. The molecule has 0 spiro atoms. The van der Waals surface area contributed by atoms with E-state index in [0.717, 1.165) is 82.5 Å². The van der Waals surface area contributed by atoms with Crippen LogP contribution in [0.3, 0.4) is 0 Å². The van der Waals surface area contributed by atoms with E-state index in [1.807, 2.05) is 6.08 Å². The minimum atomic E-state index is 0.753. The van der Waals surface area contributed by atoms with Gasteiger partial charge in [0.05, 0.1) is 24.5 Å². The number of aliphatic imine (C=N–C) groups is 2. The van der Waals surface area contributed by atoms with Crippen molar-refractivity contribution in [1.82, 2.24) is 20.6 Å². The molecule has 31 heavy (non-hydrogen) atoms. The van der Waals surface area contributed by atoms with Gasteiger partial charge in [0, 0.05) is 51.7 Å². The van der Waals surface area contributed by atoms with E-state index < -0.39 is 0 Å². The second-order valence-electron chi connectivity index (χ2n) is 7.89. The highest BCUT2D eigenvalue weighted by Crippen LogP contribution is 2.28. The van der Waals surface area contributed by atoms with E-state index >= 15 is 0 Å². The molecule has 2 aromatic heterocycles. The first-order valence-corrected chi connectivity index (χ1v) is 10.5. The molecule has 0 fully saturated rings. The van der Waals surface area contributed by atoms with Gasteiger partial charge in [0.2, 0.25) is 0 Å². The summed E-state index contributed by atoms with van der Waals surface area (Å²) in [5.74, 6) is 1.92. The molecule has 7 heteroatoms. The molecule has 2 aliphatic rings. The molecule has 2 aromatic carbocycles. The zero-order valence-corrected chi connectivity index (χ0v) is 17.0. The number of aromatic amines is 2. The Morgan fingerprint density at radius 1 is 0.774 bits per heavy atom. The molecule has 0 bridgehead atoms. The summed E-state index contributed by atoms with van der Waals surface area (Å²) in [6.07, 6.45) is 4.07. The van der Waals surface area contributed by atoms with Gasteiger partial charge in [0.1, 0.15) is 11.7 Å². The Balaban J connectivity index is 1.30. The van der Waals surface area contributed by atoms with Crippen molar-refractivity contribution in [2.75, 3.05) is 31.9 Å². The number of nitrogens with one attached hydrogen (secondary N) is 4. The zero-order valence-electron chi connectivity index (χ0n) is 17.0. The standard InChI is InChI=1S/C24H23N7/c25-22-18-5-3-16(24-28-9-10-29-24)13-21(18)31-19(22)6-4-17-11-14-1-2-15(12-20(14)30-17)23-26-7-8-27-23/h1-6,11-13,30-31H,7-10,25H2,(H,26,27)(H,28,29). The van der Waals surface area contributed by atoms with E-state index in [2.05, 4.69) is 79.1 Å². The normalized spacial score (nSPS) is 16.1. The van der Waals surface area contributed by atoms with Crippen molar-refractivity contribution >= 4 is 51.3 Å². The number of fused-ring (bicyclic) bond motifs is 2. The Kier molecular flexibility index (Phi) is 4.06. The minimum absolute atomic E-state index is 0.753. The molecule has 2 aliphatic heterocycles. The molecule has 154 valence electrons. The number of benzene rings is 2. The largest absolute Gasteiger partial charge is 0.396 e. The lowest BCUT2D eigenvalue weighted by atomic mass is 10.1. The van der Waals surface area contributed by atoms with Crippen LogP contribution in [0.25, 0.3) is 34.0 Å². The predicted octanol–water partition coefficient (Wildman–Crippen LogP) is 3.10. The van der Waals surface area contributed by atoms with Crippen LogP contribution >= 0.6 is 0 Å². The molecule has 6 N–H and O–H groups in total. The molecule has 0 aliphatic carbocycles. The van der Waals surface area contributed by atoms with Crippen molar-refractivity contribution in [3.05, 3.63) is 65.0 Å². The summed E-state index contributed by atoms with van der Waals surface area (Å²) < 4.78 is 0. The van der Waals surface area contributed by atoms with Crippen LogP contribution in [0.5, 0.6) is 0 Å². The van der Waals surface area contributed by atoms with Gasteiger partial charge >= 0.3 is 0 Å². The number of amidine groups is 2. The van der Waals surface area contributed by atoms with E-state index in [1.54, 1.807) is 0 Å². The van der Waals surface area contributed by atoms with Crippen LogP contribution in [-0.4, -0.2) is 47.8 Å². The Labute approximate surface area is 179 Å². The molecule has 4 aromatic rings. The van der Waals surface area contributed by atoms with Crippen LogP contribution in [0.4, 0.5) is 5.69 Å². The van der Waals surface area contributed by atoms with Crippen LogP contribution in [0.2, 0.25) is 0 Å². The van der Waals surface area contributed by atoms with Crippen molar-refractivity contribution in [2.24, 2.45) is 9.98 Å². The fourth-order valence-corrected chi connectivity index (χ4v) is 4.26. The quantitative estimate of drug-likeness (QED) is 0.358. The first kappa shape index (κ1) is 17.8. The molecule has 0 saturated heterocycles. The number of hydrogen-bond donors (Lipinski definition) is 5. The maximum atomic E-state index is 6.41. The maximum Gasteiger partial charge on any atom is 0.128 e. The first-order valence-electron chi connectivity index (χ1n) is 10.5. The van der Waals surface area contributed by atoms with Crippen LogP contribution in [0, 0.1) is 0 Å². The van der Waals surface area contributed by atoms with E-state index in [-0.39, 0.29) is 0 Å². The molecule has 0 unspecified atom stereocenters. The molecule has 0 amide bonds. The lowest BCUT2D eigenvalue weighted by Gasteiger charge is -2.02. The van der Waals surface area contributed by atoms with Gasteiger partial charge in [-0.25, -0.2) is 0 Å². The molecule has 4 heterocycles. The average molecular weight is 409 g/mol. The predicted molar refractivity (Wildman–Crippen MR) is 129 cm³/mol. The van der Waals surface area contributed by atoms with Gasteiger partial charge in [-0.15, -0.1) is 0 Å². The molecular formula is C24H23N7. The Hall–Kier alpha value is -4.00. The van der Waals surface area contributed by atoms with Gasteiger partial charge in [-0.1, -0.05) is 24.3 Å². The van der Waals surface area contributed by atoms with Crippen LogP contribution in [-0.2, 0) is 0 Å². The third kappa shape index (κ3) is 3.15. The highest BCUT2D eigenvalue weighted by atomic mass is 15.1. The minimum Gasteiger partial charge on any atom is -0.396 e. The summed E-state index contributed by atoms with van der Waals surface area (Å²) in [7, 11) is 0. The maximum absolute atomic E-state index is 6.41. The number of nitrogens with two attached hydrogens (primary N) is 1. The molecule has 7 nitrogen and oxygen atoms in total. The molecule has 0 saturated carbocycles. The monoisotopic (exact) mass is 409 g/mol. The SMILES string of the molecule is Nc1c(C=Cc2cc3ccc(C4=NCCN4)cc3[nH]2)[nH]c2cc(C3=NCCN3)ccc12. The number of nitrogen functional groups attached to an aromatic ring is 1. The van der Waals surface area contributed by atoms with Crippen LogP contribution < -0.4 is 16.4 Å². The van der Waals surface area contributed by atoms with Crippen molar-refractivity contribution in [2.45, 2.75) is 0 Å². The van der Waals surface area contributed by atoms with E-state index in [9.17, 15) is 0 Å². The van der Waals surface area contributed by atoms with Gasteiger partial charge in [-0.05, 0) is 30.4 Å². The second-order valence-corrected chi connectivity index (χ2v) is 7.89. The third-order valence-corrected chi connectivity index (χ3v) is 5.84. The van der Waals surface area contributed by atoms with E-state index in [0.29, 0.717) is 0 Å². The number of nitrogens with zero attached hydrogens (tertiary/aromatic N) is 2. The second kappa shape index (κ2) is 7.05. The van der Waals surface area contributed by atoms with Crippen LogP contribution in [0.15, 0.2) is 52.4 Å². The van der Waals surface area contributed by atoms with Gasteiger partial charge in [0.15, 0.2) is 0 Å². The fraction of sp³-hybridized carbons (Fsp3) is 0.167. The Morgan fingerprint density at radius 3 is 2.19 bits per heavy atom. The summed E-state index contributed by atoms with van der Waals surface area (Å²) in [5, 5.41) is 8.83. The number of H-pyrrole nitrogens is 2. The summed E-state index contributed by atoms with van der Waals surface area (Å²) >= 11 is 0. The topological polar surface area (TPSA) is 106 Å². The lowest BCUT2D eigenvalue weighted by Crippen LogP contribution is -2.19. The van der Waals surface area contributed by atoms with Gasteiger partial charge in [0.25, 0.3) is 0 Å². The van der Waals surface area contributed by atoms with Gasteiger partial charge in [-0.2, -0.15) is 0 Å². The zero-order chi connectivity index (χ0) is 20.8. The number of anilines is 1. The van der Waals surface area contributed by atoms with Gasteiger partial charge < -0.3 is 26.3 Å². The van der Waals surface area contributed by atoms with E-state index in [4.69, 9.17) is 5.73 Å². The smallest absolute Gasteiger partial charge is 0.128 e. The molecule has 0 atom stereocenters. The number of hydrogen-bond acceptors (Lipinski definition) is 5. The summed E-state index contributed by atoms with van der Waals surface area (Å²) in [4.78, 5) is 15.9. The lowest BCUT2D eigenvalue weighted by molar-refractivity contribution is 0.960. The van der Waals surface area contributed by atoms with E-state index in [1.165, 1.54) is 5.39 Å². The number of aromatic nitrogens is 2. The Morgan fingerprint density at radius 2 is 1.48 bits per heavy atom. The summed E-state index contributed by atoms with van der Waals surface area (Å²) in [6.45, 7) is 3.46. The van der Waals surface area contributed by atoms with Crippen LogP contribution in [0.1, 0.15) is 22.5 Å². The molecular weight excluding hydrogens is 386 g/mol. The fourth-order valence-electron chi connectivity index (χ4n) is 4.26. The van der Waals surface area contributed by atoms with Crippen molar-refractivity contribution in [3.63, 3.8) is 0 Å². The summed E-state index contributed by atoms with van der Waals surface area (Å²) in [6, 6.07) is 14.7. The summed E-state index contributed by atoms with van der Waals surface area (Å²) in [5.41, 5.74) is 13.4. The third-order valence-electron chi connectivity index (χ3n) is 5.84. The molecule has 0 radical (unpaired) electrons. The van der Waals surface area contributed by atoms with Crippen molar-refractivity contribution in [1.29, 1.82) is 0 Å². The first-order chi connectivity index (χ1) is 15.2. The van der Waals surface area contributed by atoms with Gasteiger partial charge in [-0.3, -0.25) is 9.98 Å². The highest BCUT2D eigenvalue weighted by molar-refractivity contribution is 6.05. The van der Waals surface area contributed by atoms with Crippen molar-refractivity contribution in [3.8, 4) is 0 Å². The average Bonchev–Trinajstić information content (AvgIpc) is 3.59. The Bertz CT molecular complexity index is 1400. The number of rotatable bonds is 4. The molecule has 6 rings (SSSR count). The van der Waals surface area contributed by atoms with Crippen molar-refractivity contribution < 1.29 is 0 Å².